The molecule has 2 bridgehead atoms. The van der Waals surface area contributed by atoms with Crippen molar-refractivity contribution < 1.29 is 14.7 Å². The number of ketones is 1. The molecule has 0 aromatic heterocycles. The second-order valence-electron chi connectivity index (χ2n) is 7.31. The molecule has 2 rings (SSSR count). The predicted octanol–water partition coefficient (Wildman–Crippen LogP) is 5.40. The summed E-state index contributed by atoms with van der Waals surface area (Å²) in [5, 5.41) is 10.1. The SMILES string of the molecule is CCCCCC(=O)C=C[C@H]1[C@H](CC=CCCCC(=O)O)[C@@H]2CC[C@H]1S2. The number of thioether (sulfide) groups is 1. The average Bonchev–Trinajstić information content (AvgIpc) is 3.17. The zero-order chi connectivity index (χ0) is 18.1. The van der Waals surface area contributed by atoms with E-state index in [1.165, 1.54) is 12.8 Å². The molecule has 3 nitrogen and oxygen atoms in total. The third-order valence-electron chi connectivity index (χ3n) is 5.35. The molecule has 0 unspecified atom stereocenters. The van der Waals surface area contributed by atoms with Gasteiger partial charge in [0.25, 0.3) is 0 Å². The van der Waals surface area contributed by atoms with Crippen LogP contribution in [0.25, 0.3) is 0 Å². The van der Waals surface area contributed by atoms with Crippen LogP contribution in [0.3, 0.4) is 0 Å². The van der Waals surface area contributed by atoms with Crippen LogP contribution in [0.4, 0.5) is 0 Å². The summed E-state index contributed by atoms with van der Waals surface area (Å²) >= 11 is 2.12. The first-order valence-corrected chi connectivity index (χ1v) is 10.8. The molecule has 2 saturated heterocycles. The first kappa shape index (κ1) is 20.3. The van der Waals surface area contributed by atoms with Crippen LogP contribution in [0.5, 0.6) is 0 Å². The Bertz CT molecular complexity index is 497. The maximum Gasteiger partial charge on any atom is 0.303 e. The van der Waals surface area contributed by atoms with Crippen molar-refractivity contribution >= 4 is 23.5 Å². The second kappa shape index (κ2) is 10.8. The summed E-state index contributed by atoms with van der Waals surface area (Å²) in [6, 6.07) is 0. The molecule has 0 aromatic rings. The van der Waals surface area contributed by atoms with Gasteiger partial charge >= 0.3 is 5.97 Å². The normalized spacial score (nSPS) is 28.4. The Morgan fingerprint density at radius 1 is 1.08 bits per heavy atom. The highest BCUT2D eigenvalue weighted by atomic mass is 32.2. The van der Waals surface area contributed by atoms with Gasteiger partial charge in [-0.25, -0.2) is 0 Å². The molecule has 2 aliphatic rings. The van der Waals surface area contributed by atoms with Crippen molar-refractivity contribution in [2.75, 3.05) is 0 Å². The third kappa shape index (κ3) is 6.65. The molecule has 0 amide bonds. The van der Waals surface area contributed by atoms with Crippen LogP contribution >= 0.6 is 11.8 Å². The Morgan fingerprint density at radius 3 is 2.64 bits per heavy atom. The van der Waals surface area contributed by atoms with Gasteiger partial charge < -0.3 is 5.11 Å². The van der Waals surface area contributed by atoms with Gasteiger partial charge in [0, 0.05) is 23.3 Å². The summed E-state index contributed by atoms with van der Waals surface area (Å²) in [6.07, 6.45) is 17.9. The maximum absolute atomic E-state index is 12.0. The molecule has 2 aliphatic heterocycles. The number of fused-ring (bicyclic) bond motifs is 2. The lowest BCUT2D eigenvalue weighted by Crippen LogP contribution is -2.25. The number of carbonyl (C=O) groups is 2. The second-order valence-corrected chi connectivity index (χ2v) is 8.79. The zero-order valence-corrected chi connectivity index (χ0v) is 16.2. The molecular formula is C21H32O3S. The highest BCUT2D eigenvalue weighted by molar-refractivity contribution is 8.01. The highest BCUT2D eigenvalue weighted by Crippen LogP contribution is 2.54. The lowest BCUT2D eigenvalue weighted by atomic mass is 9.77. The van der Waals surface area contributed by atoms with Crippen molar-refractivity contribution in [1.82, 2.24) is 0 Å². The number of hydrogen-bond donors (Lipinski definition) is 1. The van der Waals surface area contributed by atoms with E-state index in [1.54, 1.807) is 0 Å². The van der Waals surface area contributed by atoms with E-state index >= 15 is 0 Å². The van der Waals surface area contributed by atoms with Crippen LogP contribution in [0, 0.1) is 11.8 Å². The molecule has 0 radical (unpaired) electrons. The number of hydrogen-bond acceptors (Lipinski definition) is 3. The van der Waals surface area contributed by atoms with Gasteiger partial charge in [-0.15, -0.1) is 0 Å². The van der Waals surface area contributed by atoms with E-state index in [-0.39, 0.29) is 12.2 Å². The fourth-order valence-corrected chi connectivity index (χ4v) is 5.94. The van der Waals surface area contributed by atoms with Gasteiger partial charge in [0.05, 0.1) is 0 Å². The molecule has 140 valence electrons. The van der Waals surface area contributed by atoms with E-state index in [0.717, 1.165) is 37.4 Å². The number of carboxylic acid groups (broad SMARTS) is 1. The minimum Gasteiger partial charge on any atom is -0.481 e. The van der Waals surface area contributed by atoms with Gasteiger partial charge in [-0.3, -0.25) is 9.59 Å². The van der Waals surface area contributed by atoms with Crippen molar-refractivity contribution in [3.63, 3.8) is 0 Å². The molecule has 25 heavy (non-hydrogen) atoms. The predicted molar refractivity (Wildman–Crippen MR) is 105 cm³/mol. The minimum atomic E-state index is -0.716. The molecule has 4 heteroatoms. The lowest BCUT2D eigenvalue weighted by molar-refractivity contribution is -0.137. The van der Waals surface area contributed by atoms with Gasteiger partial charge in [-0.2, -0.15) is 11.8 Å². The lowest BCUT2D eigenvalue weighted by Gasteiger charge is -2.26. The molecule has 0 aliphatic carbocycles. The highest BCUT2D eigenvalue weighted by Gasteiger charge is 2.46. The maximum atomic E-state index is 12.0. The van der Waals surface area contributed by atoms with Gasteiger partial charge in [0.15, 0.2) is 5.78 Å². The van der Waals surface area contributed by atoms with E-state index in [1.807, 2.05) is 6.08 Å². The Balaban J connectivity index is 1.79. The standard InChI is InChI=1S/C21H32O3S/c1-2-3-6-9-16(22)12-13-18-17(19-14-15-20(18)25-19)10-7-4-5-8-11-21(23)24/h4,7,12-13,17-20H,2-3,5-6,8-11,14-15H2,1H3,(H,23,24)/t17-,18-,19-,20+/m0/s1. The number of allylic oxidation sites excluding steroid dienone is 4. The van der Waals surface area contributed by atoms with Crippen molar-refractivity contribution in [2.45, 2.75) is 81.6 Å². The third-order valence-corrected chi connectivity index (χ3v) is 7.19. The summed E-state index contributed by atoms with van der Waals surface area (Å²) in [7, 11) is 0. The number of rotatable bonds is 12. The zero-order valence-electron chi connectivity index (χ0n) is 15.4. The van der Waals surface area contributed by atoms with Gasteiger partial charge in [-0.05, 0) is 56.4 Å². The molecule has 0 saturated carbocycles. The summed E-state index contributed by atoms with van der Waals surface area (Å²) in [4.78, 5) is 22.5. The molecule has 0 spiro atoms. The molecule has 1 N–H and O–H groups in total. The molecule has 0 aromatic carbocycles. The molecular weight excluding hydrogens is 332 g/mol. The van der Waals surface area contributed by atoms with Crippen molar-refractivity contribution in [3.05, 3.63) is 24.3 Å². The van der Waals surface area contributed by atoms with Crippen LogP contribution < -0.4 is 0 Å². The van der Waals surface area contributed by atoms with Gasteiger partial charge in [0.1, 0.15) is 0 Å². The van der Waals surface area contributed by atoms with Crippen molar-refractivity contribution in [1.29, 1.82) is 0 Å². The van der Waals surface area contributed by atoms with E-state index in [9.17, 15) is 9.59 Å². The van der Waals surface area contributed by atoms with Crippen LogP contribution in [0.2, 0.25) is 0 Å². The van der Waals surface area contributed by atoms with E-state index in [2.05, 4.69) is 36.9 Å². The number of aliphatic carboxylic acids is 1. The first-order chi connectivity index (χ1) is 12.1. The Hall–Kier alpha value is -1.03. The van der Waals surface area contributed by atoms with Crippen LogP contribution in [0.15, 0.2) is 24.3 Å². The summed E-state index contributed by atoms with van der Waals surface area (Å²) in [5.41, 5.74) is 0. The summed E-state index contributed by atoms with van der Waals surface area (Å²) in [5.74, 6) is 0.734. The summed E-state index contributed by atoms with van der Waals surface area (Å²) < 4.78 is 0. The van der Waals surface area contributed by atoms with Crippen LogP contribution in [0.1, 0.15) is 71.1 Å². The monoisotopic (exact) mass is 364 g/mol. The largest absolute Gasteiger partial charge is 0.481 e. The van der Waals surface area contributed by atoms with Crippen molar-refractivity contribution in [3.8, 4) is 0 Å². The van der Waals surface area contributed by atoms with E-state index in [4.69, 9.17) is 5.11 Å². The average molecular weight is 365 g/mol. The molecule has 4 atom stereocenters. The van der Waals surface area contributed by atoms with Gasteiger partial charge in [-0.1, -0.05) is 38.0 Å². The Labute approximate surface area is 156 Å². The van der Waals surface area contributed by atoms with E-state index in [0.29, 0.717) is 29.9 Å². The quantitative estimate of drug-likeness (QED) is 0.286. The number of carboxylic acids is 1. The smallest absolute Gasteiger partial charge is 0.303 e. The fourth-order valence-electron chi connectivity index (χ4n) is 3.98. The van der Waals surface area contributed by atoms with Crippen LogP contribution in [-0.2, 0) is 9.59 Å². The van der Waals surface area contributed by atoms with Gasteiger partial charge in [0.2, 0.25) is 0 Å². The van der Waals surface area contributed by atoms with E-state index < -0.39 is 5.97 Å². The van der Waals surface area contributed by atoms with Crippen molar-refractivity contribution in [2.24, 2.45) is 11.8 Å². The molecule has 2 fully saturated rings. The van der Waals surface area contributed by atoms with Crippen LogP contribution in [-0.4, -0.2) is 27.4 Å². The number of unbranched alkanes of at least 4 members (excludes halogenated alkanes) is 3. The number of carbonyl (C=O) groups excluding carboxylic acids is 1. The first-order valence-electron chi connectivity index (χ1n) is 9.85. The molecule has 2 heterocycles. The Kier molecular flexibility index (Phi) is 8.80. The Morgan fingerprint density at radius 2 is 1.88 bits per heavy atom. The minimum absolute atomic E-state index is 0.250. The topological polar surface area (TPSA) is 54.4 Å². The summed E-state index contributed by atoms with van der Waals surface area (Å²) in [6.45, 7) is 2.16. The fraction of sp³-hybridized carbons (Fsp3) is 0.714.